The van der Waals surface area contributed by atoms with Crippen molar-refractivity contribution >= 4 is 46.0 Å². The van der Waals surface area contributed by atoms with Gasteiger partial charge in [0.2, 0.25) is 0 Å². The summed E-state index contributed by atoms with van der Waals surface area (Å²) in [6.45, 7) is 7.49. The molecule has 0 aliphatic rings. The van der Waals surface area contributed by atoms with E-state index in [2.05, 4.69) is 15.3 Å². The predicted molar refractivity (Wildman–Crippen MR) is 139 cm³/mol. The van der Waals surface area contributed by atoms with E-state index in [4.69, 9.17) is 20.8 Å². The Labute approximate surface area is 212 Å². The van der Waals surface area contributed by atoms with Gasteiger partial charge in [-0.3, -0.25) is 4.79 Å². The fourth-order valence-electron chi connectivity index (χ4n) is 3.82. The normalized spacial score (nSPS) is 10.9. The number of carbonyl (C=O) groups excluding carboxylic acids is 2. The first kappa shape index (κ1) is 25.0. The van der Waals surface area contributed by atoms with Crippen molar-refractivity contribution in [3.63, 3.8) is 0 Å². The molecule has 0 aliphatic heterocycles. The molecule has 0 aliphatic carbocycles. The van der Waals surface area contributed by atoms with Crippen molar-refractivity contribution in [3.05, 3.63) is 81.3 Å². The quantitative estimate of drug-likeness (QED) is 0.266. The van der Waals surface area contributed by atoms with Crippen LogP contribution in [0, 0.1) is 0 Å². The number of ether oxygens (including phenoxy) is 1. The highest BCUT2D eigenvalue weighted by molar-refractivity contribution is 6.30. The molecular formula is C26H25ClN4O5. The fourth-order valence-corrected chi connectivity index (χ4v) is 3.95. The standard InChI is InChI=1S/C26H25ClN4O5/c1-4-30(5-2)19-10-7-16-13-20(26(34)36-22(16)14-19)24(32)29-23-21(25(33)35-6-3)15-28-31(23)18-11-8-17(27)9-12-18/h7-15H,4-6H2,1-3H3,(H,29,32). The zero-order valence-electron chi connectivity index (χ0n) is 20.1. The molecule has 9 nitrogen and oxygen atoms in total. The minimum Gasteiger partial charge on any atom is -0.462 e. The Kier molecular flexibility index (Phi) is 7.40. The Morgan fingerprint density at radius 2 is 1.78 bits per heavy atom. The van der Waals surface area contributed by atoms with Crippen LogP contribution in [0.2, 0.25) is 5.02 Å². The molecule has 2 aromatic carbocycles. The van der Waals surface area contributed by atoms with Gasteiger partial charge in [-0.05, 0) is 63.2 Å². The third kappa shape index (κ3) is 4.96. The minimum absolute atomic E-state index is 0.0363. The van der Waals surface area contributed by atoms with Crippen molar-refractivity contribution in [1.29, 1.82) is 0 Å². The zero-order valence-corrected chi connectivity index (χ0v) is 20.8. The van der Waals surface area contributed by atoms with Gasteiger partial charge < -0.3 is 19.4 Å². The van der Waals surface area contributed by atoms with Crippen LogP contribution in [0.25, 0.3) is 16.7 Å². The molecule has 1 N–H and O–H groups in total. The monoisotopic (exact) mass is 508 g/mol. The molecule has 10 heteroatoms. The summed E-state index contributed by atoms with van der Waals surface area (Å²) in [5.74, 6) is -1.36. The molecule has 1 amide bonds. The van der Waals surface area contributed by atoms with Crippen LogP contribution in [0.4, 0.5) is 11.5 Å². The van der Waals surface area contributed by atoms with E-state index >= 15 is 0 Å². The number of nitrogens with zero attached hydrogens (tertiary/aromatic N) is 3. The number of rotatable bonds is 8. The number of halogens is 1. The first-order valence-corrected chi connectivity index (χ1v) is 11.9. The molecule has 0 spiro atoms. The van der Waals surface area contributed by atoms with Crippen molar-refractivity contribution in [1.82, 2.24) is 9.78 Å². The number of fused-ring (bicyclic) bond motifs is 1. The highest BCUT2D eigenvalue weighted by Crippen LogP contribution is 2.25. The van der Waals surface area contributed by atoms with E-state index in [1.54, 1.807) is 43.3 Å². The van der Waals surface area contributed by atoms with E-state index in [1.807, 2.05) is 19.9 Å². The molecule has 4 rings (SSSR count). The summed E-state index contributed by atoms with van der Waals surface area (Å²) >= 11 is 5.99. The maximum absolute atomic E-state index is 13.2. The molecular weight excluding hydrogens is 484 g/mol. The van der Waals surface area contributed by atoms with Crippen LogP contribution < -0.4 is 15.8 Å². The first-order chi connectivity index (χ1) is 17.4. The number of benzene rings is 2. The van der Waals surface area contributed by atoms with Crippen LogP contribution in [0.1, 0.15) is 41.5 Å². The van der Waals surface area contributed by atoms with Crippen molar-refractivity contribution in [2.24, 2.45) is 0 Å². The lowest BCUT2D eigenvalue weighted by Gasteiger charge is -2.21. The molecule has 4 aromatic rings. The summed E-state index contributed by atoms with van der Waals surface area (Å²) in [4.78, 5) is 40.6. The Hall–Kier alpha value is -4.11. The second-order valence-electron chi connectivity index (χ2n) is 7.81. The SMILES string of the molecule is CCOC(=O)c1cnn(-c2ccc(Cl)cc2)c1NC(=O)c1cc2ccc(N(CC)CC)cc2oc1=O. The summed E-state index contributed by atoms with van der Waals surface area (Å²) in [5, 5.41) is 7.98. The number of aromatic nitrogens is 2. The Morgan fingerprint density at radius 1 is 1.06 bits per heavy atom. The Morgan fingerprint density at radius 3 is 2.44 bits per heavy atom. The first-order valence-electron chi connectivity index (χ1n) is 11.5. The van der Waals surface area contributed by atoms with Gasteiger partial charge in [0.05, 0.1) is 18.5 Å². The van der Waals surface area contributed by atoms with E-state index in [-0.39, 0.29) is 23.6 Å². The number of hydrogen-bond donors (Lipinski definition) is 1. The van der Waals surface area contributed by atoms with Crippen molar-refractivity contribution in [2.45, 2.75) is 20.8 Å². The van der Waals surface area contributed by atoms with Gasteiger partial charge in [-0.25, -0.2) is 14.3 Å². The van der Waals surface area contributed by atoms with Gasteiger partial charge in [0.15, 0.2) is 5.82 Å². The highest BCUT2D eigenvalue weighted by atomic mass is 35.5. The third-order valence-electron chi connectivity index (χ3n) is 5.66. The topological polar surface area (TPSA) is 107 Å². The van der Waals surface area contributed by atoms with E-state index in [1.165, 1.54) is 16.9 Å². The summed E-state index contributed by atoms with van der Waals surface area (Å²) in [6.07, 6.45) is 1.29. The van der Waals surface area contributed by atoms with Gasteiger partial charge in [0, 0.05) is 35.3 Å². The fraction of sp³-hybridized carbons (Fsp3) is 0.231. The van der Waals surface area contributed by atoms with Crippen molar-refractivity contribution < 1.29 is 18.7 Å². The minimum atomic E-state index is -0.799. The number of anilines is 2. The molecule has 0 saturated heterocycles. The van der Waals surface area contributed by atoms with Gasteiger partial charge in [0.25, 0.3) is 5.91 Å². The van der Waals surface area contributed by atoms with Crippen LogP contribution >= 0.6 is 11.6 Å². The van der Waals surface area contributed by atoms with Crippen LogP contribution in [-0.4, -0.2) is 41.4 Å². The number of nitrogens with one attached hydrogen (secondary N) is 1. The largest absolute Gasteiger partial charge is 0.462 e. The number of carbonyl (C=O) groups is 2. The van der Waals surface area contributed by atoms with Crippen LogP contribution in [0.3, 0.4) is 0 Å². The van der Waals surface area contributed by atoms with Crippen molar-refractivity contribution in [2.75, 3.05) is 29.9 Å². The average Bonchev–Trinajstić information content (AvgIpc) is 3.28. The molecule has 0 radical (unpaired) electrons. The second-order valence-corrected chi connectivity index (χ2v) is 8.25. The number of esters is 1. The van der Waals surface area contributed by atoms with Gasteiger partial charge in [0.1, 0.15) is 16.7 Å². The van der Waals surface area contributed by atoms with E-state index in [0.29, 0.717) is 21.7 Å². The average molecular weight is 509 g/mol. The summed E-state index contributed by atoms with van der Waals surface area (Å²) < 4.78 is 12.0. The lowest BCUT2D eigenvalue weighted by atomic mass is 10.1. The molecule has 0 bridgehead atoms. The van der Waals surface area contributed by atoms with Crippen LogP contribution in [0.15, 0.2) is 63.9 Å². The highest BCUT2D eigenvalue weighted by Gasteiger charge is 2.24. The lowest BCUT2D eigenvalue weighted by Crippen LogP contribution is -2.24. The Balaban J connectivity index is 1.73. The van der Waals surface area contributed by atoms with Crippen LogP contribution in [-0.2, 0) is 4.74 Å². The molecule has 2 aromatic heterocycles. The molecule has 0 fully saturated rings. The van der Waals surface area contributed by atoms with E-state index in [9.17, 15) is 14.4 Å². The van der Waals surface area contributed by atoms with Gasteiger partial charge in [-0.1, -0.05) is 11.6 Å². The summed E-state index contributed by atoms with van der Waals surface area (Å²) in [5.41, 5.74) is 0.857. The maximum Gasteiger partial charge on any atom is 0.349 e. The van der Waals surface area contributed by atoms with Gasteiger partial charge in [-0.15, -0.1) is 0 Å². The molecule has 0 atom stereocenters. The van der Waals surface area contributed by atoms with E-state index < -0.39 is 17.5 Å². The molecule has 0 saturated carbocycles. The van der Waals surface area contributed by atoms with Gasteiger partial charge in [-0.2, -0.15) is 5.10 Å². The second kappa shape index (κ2) is 10.7. The third-order valence-corrected chi connectivity index (χ3v) is 5.91. The van der Waals surface area contributed by atoms with E-state index in [0.717, 1.165) is 18.8 Å². The Bertz CT molecular complexity index is 1470. The van der Waals surface area contributed by atoms with Gasteiger partial charge >= 0.3 is 11.6 Å². The number of amides is 1. The molecule has 0 unspecified atom stereocenters. The van der Waals surface area contributed by atoms with Crippen molar-refractivity contribution in [3.8, 4) is 5.69 Å². The zero-order chi connectivity index (χ0) is 25.8. The lowest BCUT2D eigenvalue weighted by molar-refractivity contribution is 0.0527. The smallest absolute Gasteiger partial charge is 0.349 e. The summed E-state index contributed by atoms with van der Waals surface area (Å²) in [6, 6.07) is 13.6. The number of hydrogen-bond acceptors (Lipinski definition) is 7. The van der Waals surface area contributed by atoms with Crippen LogP contribution in [0.5, 0.6) is 0 Å². The molecule has 2 heterocycles. The molecule has 186 valence electrons. The molecule has 36 heavy (non-hydrogen) atoms. The predicted octanol–water partition coefficient (Wildman–Crippen LogP) is 4.91. The maximum atomic E-state index is 13.2. The summed E-state index contributed by atoms with van der Waals surface area (Å²) in [7, 11) is 0.